The van der Waals surface area contributed by atoms with E-state index in [1.807, 2.05) is 35.9 Å². The fourth-order valence-corrected chi connectivity index (χ4v) is 3.45. The third-order valence-electron chi connectivity index (χ3n) is 4.30. The number of oxime groups is 1. The molecule has 1 N–H and O–H groups in total. The summed E-state index contributed by atoms with van der Waals surface area (Å²) in [5.41, 5.74) is 4.09. The van der Waals surface area contributed by atoms with Crippen LogP contribution >= 0.6 is 23.2 Å². The molecule has 1 amide bonds. The number of pyridine rings is 1. The number of amides is 1. The normalized spacial score (nSPS) is 16.3. The molecule has 138 valence electrons. The minimum absolute atomic E-state index is 0.243. The van der Waals surface area contributed by atoms with Crippen LogP contribution in [-0.2, 0) is 16.2 Å². The van der Waals surface area contributed by atoms with Crippen LogP contribution in [0, 0.1) is 6.92 Å². The number of imidazole rings is 1. The minimum atomic E-state index is -0.689. The van der Waals surface area contributed by atoms with Crippen molar-refractivity contribution in [3.63, 3.8) is 0 Å². The van der Waals surface area contributed by atoms with Crippen molar-refractivity contribution >= 4 is 40.5 Å². The molecular weight excluding hydrogens is 387 g/mol. The molecule has 0 saturated carbocycles. The monoisotopic (exact) mass is 402 g/mol. The van der Waals surface area contributed by atoms with Gasteiger partial charge < -0.3 is 14.6 Å². The molecule has 0 fully saturated rings. The van der Waals surface area contributed by atoms with Crippen molar-refractivity contribution in [2.45, 2.75) is 26.0 Å². The van der Waals surface area contributed by atoms with Crippen molar-refractivity contribution in [2.75, 3.05) is 0 Å². The summed E-state index contributed by atoms with van der Waals surface area (Å²) >= 11 is 12.1. The van der Waals surface area contributed by atoms with Gasteiger partial charge in [-0.2, -0.15) is 0 Å². The largest absolute Gasteiger partial charge is 0.382 e. The number of aryl methyl sites for hydroxylation is 1. The van der Waals surface area contributed by atoms with Gasteiger partial charge in [-0.05, 0) is 30.7 Å². The van der Waals surface area contributed by atoms with Crippen LogP contribution in [0.4, 0.5) is 0 Å². The number of nitrogens with one attached hydrogen (secondary N) is 1. The molecule has 0 spiro atoms. The molecule has 3 heterocycles. The molecule has 0 bridgehead atoms. The van der Waals surface area contributed by atoms with Gasteiger partial charge in [-0.25, -0.2) is 4.98 Å². The lowest BCUT2D eigenvalue weighted by atomic mass is 10.0. The van der Waals surface area contributed by atoms with E-state index in [-0.39, 0.29) is 5.91 Å². The van der Waals surface area contributed by atoms with Crippen LogP contribution in [-0.4, -0.2) is 27.1 Å². The number of carbonyl (C=O) groups is 1. The summed E-state index contributed by atoms with van der Waals surface area (Å²) in [6.07, 6.45) is 3.54. The van der Waals surface area contributed by atoms with Gasteiger partial charge in [0.05, 0.1) is 23.0 Å². The number of benzene rings is 1. The molecule has 0 aliphatic carbocycles. The highest BCUT2D eigenvalue weighted by molar-refractivity contribution is 6.37. The molecule has 2 aromatic heterocycles. The lowest BCUT2D eigenvalue weighted by Gasteiger charge is -2.08. The highest BCUT2D eigenvalue weighted by Gasteiger charge is 2.29. The quantitative estimate of drug-likeness (QED) is 0.722. The van der Waals surface area contributed by atoms with Gasteiger partial charge >= 0.3 is 0 Å². The van der Waals surface area contributed by atoms with E-state index in [1.165, 1.54) is 0 Å². The van der Waals surface area contributed by atoms with E-state index in [2.05, 4.69) is 15.5 Å². The number of aromatic nitrogens is 2. The maximum atomic E-state index is 12.4. The number of nitrogens with zero attached hydrogens (tertiary/aromatic N) is 3. The van der Waals surface area contributed by atoms with Gasteiger partial charge in [-0.3, -0.25) is 4.79 Å². The number of hydrogen-bond acceptors (Lipinski definition) is 4. The van der Waals surface area contributed by atoms with E-state index >= 15 is 0 Å². The number of fused-ring (bicyclic) bond motifs is 1. The van der Waals surface area contributed by atoms with Crippen LogP contribution in [0.15, 0.2) is 47.9 Å². The topological polar surface area (TPSA) is 68.0 Å². The lowest BCUT2D eigenvalue weighted by molar-refractivity contribution is -0.131. The number of carbonyl (C=O) groups excluding carboxylic acids is 1. The molecule has 1 aliphatic heterocycles. The maximum absolute atomic E-state index is 12.4. The lowest BCUT2D eigenvalue weighted by Crippen LogP contribution is -2.34. The van der Waals surface area contributed by atoms with E-state index in [9.17, 15) is 4.79 Å². The van der Waals surface area contributed by atoms with Gasteiger partial charge in [-0.15, -0.1) is 0 Å². The highest BCUT2D eigenvalue weighted by Crippen LogP contribution is 2.26. The van der Waals surface area contributed by atoms with Gasteiger partial charge in [0.2, 0.25) is 6.10 Å². The Hall–Kier alpha value is -2.57. The first kappa shape index (κ1) is 17.8. The second-order valence-corrected chi connectivity index (χ2v) is 7.23. The van der Waals surface area contributed by atoms with Crippen molar-refractivity contribution in [2.24, 2.45) is 5.16 Å². The fraction of sp³-hybridized carbons (Fsp3) is 0.211. The number of hydrogen-bond donors (Lipinski definition) is 1. The molecule has 8 heteroatoms. The highest BCUT2D eigenvalue weighted by atomic mass is 35.5. The van der Waals surface area contributed by atoms with Gasteiger partial charge in [0.25, 0.3) is 5.91 Å². The summed E-state index contributed by atoms with van der Waals surface area (Å²) in [6, 6.07) is 9.07. The Kier molecular flexibility index (Phi) is 4.76. The summed E-state index contributed by atoms with van der Waals surface area (Å²) in [5.74, 6) is -0.243. The number of rotatable bonds is 4. The Labute approximate surface area is 165 Å². The van der Waals surface area contributed by atoms with E-state index in [1.54, 1.807) is 18.2 Å². The zero-order valence-corrected chi connectivity index (χ0v) is 16.0. The van der Waals surface area contributed by atoms with Crippen LogP contribution in [0.2, 0.25) is 10.0 Å². The average molecular weight is 403 g/mol. The first-order chi connectivity index (χ1) is 13.0. The Bertz CT molecular complexity index is 1060. The van der Waals surface area contributed by atoms with Crippen molar-refractivity contribution in [3.05, 3.63) is 69.6 Å². The SMILES string of the molecule is Cc1ccc2nc(CNC(=O)C3CC(c4ccc(Cl)cc4Cl)=NO3)cn2c1. The second-order valence-electron chi connectivity index (χ2n) is 6.38. The van der Waals surface area contributed by atoms with Crippen molar-refractivity contribution in [3.8, 4) is 0 Å². The van der Waals surface area contributed by atoms with Crippen LogP contribution in [0.1, 0.15) is 23.2 Å². The summed E-state index contributed by atoms with van der Waals surface area (Å²) in [5, 5.41) is 7.87. The van der Waals surface area contributed by atoms with Crippen molar-refractivity contribution < 1.29 is 9.63 Å². The van der Waals surface area contributed by atoms with E-state index in [0.29, 0.717) is 34.3 Å². The molecule has 6 nitrogen and oxygen atoms in total. The summed E-state index contributed by atoms with van der Waals surface area (Å²) in [6.45, 7) is 2.33. The first-order valence-corrected chi connectivity index (χ1v) is 9.15. The molecule has 1 aromatic carbocycles. The third kappa shape index (κ3) is 3.77. The van der Waals surface area contributed by atoms with Crippen LogP contribution in [0.25, 0.3) is 5.65 Å². The molecule has 3 aromatic rings. The fourth-order valence-electron chi connectivity index (χ4n) is 2.93. The molecule has 27 heavy (non-hydrogen) atoms. The summed E-state index contributed by atoms with van der Waals surface area (Å²) < 4.78 is 1.94. The van der Waals surface area contributed by atoms with E-state index < -0.39 is 6.10 Å². The first-order valence-electron chi connectivity index (χ1n) is 8.39. The average Bonchev–Trinajstić information content (AvgIpc) is 3.26. The number of halogens is 2. The van der Waals surface area contributed by atoms with Gasteiger partial charge in [0.1, 0.15) is 5.65 Å². The van der Waals surface area contributed by atoms with Crippen LogP contribution < -0.4 is 5.32 Å². The van der Waals surface area contributed by atoms with Gasteiger partial charge in [-0.1, -0.05) is 40.5 Å². The smallest absolute Gasteiger partial charge is 0.264 e. The van der Waals surface area contributed by atoms with Crippen molar-refractivity contribution in [1.29, 1.82) is 0 Å². The van der Waals surface area contributed by atoms with Crippen LogP contribution in [0.5, 0.6) is 0 Å². The maximum Gasteiger partial charge on any atom is 0.264 e. The second kappa shape index (κ2) is 7.21. The van der Waals surface area contributed by atoms with Gasteiger partial charge in [0, 0.05) is 29.4 Å². The summed E-state index contributed by atoms with van der Waals surface area (Å²) in [7, 11) is 0. The van der Waals surface area contributed by atoms with E-state index in [0.717, 1.165) is 16.9 Å². The molecule has 1 unspecified atom stereocenters. The molecule has 4 rings (SSSR count). The van der Waals surface area contributed by atoms with Crippen LogP contribution in [0.3, 0.4) is 0 Å². The van der Waals surface area contributed by atoms with Crippen molar-refractivity contribution in [1.82, 2.24) is 14.7 Å². The van der Waals surface area contributed by atoms with E-state index in [4.69, 9.17) is 28.0 Å². The molecule has 1 aliphatic rings. The Morgan fingerprint density at radius 2 is 2.15 bits per heavy atom. The molecule has 1 atom stereocenters. The Morgan fingerprint density at radius 3 is 2.96 bits per heavy atom. The molecule has 0 saturated heterocycles. The Morgan fingerprint density at radius 1 is 1.30 bits per heavy atom. The predicted octanol–water partition coefficient (Wildman–Crippen LogP) is 3.76. The summed E-state index contributed by atoms with van der Waals surface area (Å²) in [4.78, 5) is 22.2. The third-order valence-corrected chi connectivity index (χ3v) is 4.84. The standard InChI is InChI=1S/C19H16Cl2N4O2/c1-11-2-5-18-23-13(10-25(18)9-11)8-22-19(26)17-7-16(24-27-17)14-4-3-12(20)6-15(14)21/h2-6,9-10,17H,7-8H2,1H3,(H,22,26). The zero-order chi connectivity index (χ0) is 19.0. The minimum Gasteiger partial charge on any atom is -0.382 e. The molecule has 0 radical (unpaired) electrons. The zero-order valence-electron chi connectivity index (χ0n) is 14.4. The Balaban J connectivity index is 1.38. The van der Waals surface area contributed by atoms with Gasteiger partial charge in [0.15, 0.2) is 0 Å². The molecular formula is C19H16Cl2N4O2. The predicted molar refractivity (Wildman–Crippen MR) is 104 cm³/mol.